The molecule has 0 spiro atoms. The predicted molar refractivity (Wildman–Crippen MR) is 149 cm³/mol. The number of hydrogen-bond donors (Lipinski definition) is 1. The minimum atomic E-state index is -0.228. The molecule has 184 valence electrons. The van der Waals surface area contributed by atoms with E-state index >= 15 is 0 Å². The Morgan fingerprint density at radius 1 is 1.03 bits per heavy atom. The summed E-state index contributed by atoms with van der Waals surface area (Å²) in [4.78, 5) is 19.5. The third-order valence-electron chi connectivity index (χ3n) is 7.24. The van der Waals surface area contributed by atoms with E-state index in [0.717, 1.165) is 29.8 Å². The summed E-state index contributed by atoms with van der Waals surface area (Å²) in [5.41, 5.74) is 6.76. The van der Waals surface area contributed by atoms with E-state index in [1.54, 1.807) is 6.07 Å². The van der Waals surface area contributed by atoms with Crippen molar-refractivity contribution in [2.75, 3.05) is 24.3 Å². The Bertz CT molecular complexity index is 1420. The molecule has 3 heterocycles. The van der Waals surface area contributed by atoms with Gasteiger partial charge in [0.15, 0.2) is 0 Å². The SMILES string of the molecule is CN(C)c1ccc([C@@H]2c3cccn3-c3sc4c(c3CN2C(=O)Nc2cccc(Cl)c2)CCCC4)cc1. The second-order valence-electron chi connectivity index (χ2n) is 9.75. The van der Waals surface area contributed by atoms with Crippen molar-refractivity contribution < 1.29 is 4.79 Å². The molecule has 7 heteroatoms. The average Bonchev–Trinajstić information content (AvgIpc) is 3.46. The predicted octanol–water partition coefficient (Wildman–Crippen LogP) is 7.27. The second-order valence-corrected chi connectivity index (χ2v) is 11.3. The quantitative estimate of drug-likeness (QED) is 0.311. The Morgan fingerprint density at radius 3 is 2.61 bits per heavy atom. The summed E-state index contributed by atoms with van der Waals surface area (Å²) < 4.78 is 2.31. The van der Waals surface area contributed by atoms with Crippen molar-refractivity contribution in [1.29, 1.82) is 0 Å². The Morgan fingerprint density at radius 2 is 1.83 bits per heavy atom. The van der Waals surface area contributed by atoms with Crippen LogP contribution >= 0.6 is 22.9 Å². The van der Waals surface area contributed by atoms with Crippen LogP contribution in [0, 0.1) is 0 Å². The largest absolute Gasteiger partial charge is 0.378 e. The Balaban J connectivity index is 1.48. The van der Waals surface area contributed by atoms with E-state index in [9.17, 15) is 4.79 Å². The number of aromatic nitrogens is 1. The van der Waals surface area contributed by atoms with E-state index in [1.165, 1.54) is 33.8 Å². The maximum Gasteiger partial charge on any atom is 0.322 e. The molecule has 4 aromatic rings. The molecule has 2 aliphatic rings. The van der Waals surface area contributed by atoms with Crippen molar-refractivity contribution in [3.05, 3.63) is 99.1 Å². The maximum absolute atomic E-state index is 14.0. The number of amides is 2. The molecule has 0 fully saturated rings. The zero-order chi connectivity index (χ0) is 24.8. The number of anilines is 2. The zero-order valence-corrected chi connectivity index (χ0v) is 22.1. The standard InChI is InChI=1S/C29H29ClN4OS/c1-32(2)22-14-12-19(13-15-22)27-25-10-6-16-33(25)28-24(23-9-3-4-11-26(23)36-28)18-34(27)29(35)31-21-8-5-7-20(30)17-21/h5-8,10,12-17,27H,3-4,9,11,18H2,1-2H3,(H,31,35)/t27-/m1/s1. The number of hydrogen-bond acceptors (Lipinski definition) is 3. The number of carbonyl (C=O) groups excluding carboxylic acids is 1. The van der Waals surface area contributed by atoms with Crippen LogP contribution in [-0.2, 0) is 19.4 Å². The molecular weight excluding hydrogens is 488 g/mol. The third kappa shape index (κ3) is 4.08. The Hall–Kier alpha value is -3.22. The van der Waals surface area contributed by atoms with Gasteiger partial charge in [0, 0.05) is 47.1 Å². The van der Waals surface area contributed by atoms with E-state index in [0.29, 0.717) is 17.3 Å². The fraction of sp³-hybridized carbons (Fsp3) is 0.276. The molecule has 2 aromatic heterocycles. The summed E-state index contributed by atoms with van der Waals surface area (Å²) >= 11 is 8.12. The van der Waals surface area contributed by atoms with Gasteiger partial charge in [0.1, 0.15) is 5.00 Å². The molecule has 5 nitrogen and oxygen atoms in total. The maximum atomic E-state index is 14.0. The van der Waals surface area contributed by atoms with Gasteiger partial charge in [-0.3, -0.25) is 0 Å². The topological polar surface area (TPSA) is 40.5 Å². The molecule has 0 bridgehead atoms. The first-order chi connectivity index (χ1) is 17.5. The number of thiophene rings is 1. The van der Waals surface area contributed by atoms with Gasteiger partial charge in [-0.25, -0.2) is 4.79 Å². The molecule has 0 radical (unpaired) electrons. The van der Waals surface area contributed by atoms with Crippen LogP contribution in [0.25, 0.3) is 5.00 Å². The van der Waals surface area contributed by atoms with Crippen LogP contribution < -0.4 is 10.2 Å². The molecule has 36 heavy (non-hydrogen) atoms. The number of halogens is 1. The Kier molecular flexibility index (Phi) is 6.02. The first kappa shape index (κ1) is 23.2. The second kappa shape index (κ2) is 9.34. The lowest BCUT2D eigenvalue weighted by Crippen LogP contribution is -2.38. The van der Waals surface area contributed by atoms with Crippen molar-refractivity contribution in [3.8, 4) is 5.00 Å². The summed E-state index contributed by atoms with van der Waals surface area (Å²) in [6, 6.07) is 19.8. The number of fused-ring (bicyclic) bond motifs is 5. The molecule has 1 aliphatic carbocycles. The van der Waals surface area contributed by atoms with Crippen LogP contribution in [0.3, 0.4) is 0 Å². The van der Waals surface area contributed by atoms with E-state index < -0.39 is 0 Å². The van der Waals surface area contributed by atoms with Crippen LogP contribution in [0.5, 0.6) is 0 Å². The minimum Gasteiger partial charge on any atom is -0.378 e. The smallest absolute Gasteiger partial charge is 0.322 e. The highest BCUT2D eigenvalue weighted by Crippen LogP contribution is 2.44. The Labute approximate surface area is 220 Å². The van der Waals surface area contributed by atoms with E-state index in [-0.39, 0.29) is 12.1 Å². The number of benzene rings is 2. The number of rotatable bonds is 3. The number of nitrogens with one attached hydrogen (secondary N) is 1. The van der Waals surface area contributed by atoms with Crippen molar-refractivity contribution >= 4 is 40.3 Å². The van der Waals surface area contributed by atoms with Crippen molar-refractivity contribution in [2.45, 2.75) is 38.3 Å². The molecule has 6 rings (SSSR count). The monoisotopic (exact) mass is 516 g/mol. The molecule has 0 saturated carbocycles. The molecule has 2 aromatic carbocycles. The molecule has 0 unspecified atom stereocenters. The van der Waals surface area contributed by atoms with E-state index in [4.69, 9.17) is 11.6 Å². The first-order valence-electron chi connectivity index (χ1n) is 12.4. The van der Waals surface area contributed by atoms with Gasteiger partial charge in [-0.15, -0.1) is 11.3 Å². The molecule has 0 saturated heterocycles. The average molecular weight is 517 g/mol. The first-order valence-corrected chi connectivity index (χ1v) is 13.6. The fourth-order valence-electron chi connectivity index (χ4n) is 5.45. The van der Waals surface area contributed by atoms with Crippen molar-refractivity contribution in [1.82, 2.24) is 9.47 Å². The highest BCUT2D eigenvalue weighted by atomic mass is 35.5. The fourth-order valence-corrected chi connectivity index (χ4v) is 7.05. The molecule has 1 atom stereocenters. The van der Waals surface area contributed by atoms with Gasteiger partial charge < -0.3 is 19.7 Å². The van der Waals surface area contributed by atoms with Crippen LogP contribution in [0.4, 0.5) is 16.2 Å². The number of urea groups is 1. The number of carbonyl (C=O) groups is 1. The molecule has 1 N–H and O–H groups in total. The van der Waals surface area contributed by atoms with Crippen molar-refractivity contribution in [3.63, 3.8) is 0 Å². The van der Waals surface area contributed by atoms with Crippen molar-refractivity contribution in [2.24, 2.45) is 0 Å². The lowest BCUT2D eigenvalue weighted by Gasteiger charge is -2.31. The summed E-state index contributed by atoms with van der Waals surface area (Å²) in [6.07, 6.45) is 6.82. The summed E-state index contributed by atoms with van der Waals surface area (Å²) in [7, 11) is 4.08. The van der Waals surface area contributed by atoms with Crippen LogP contribution in [0.2, 0.25) is 5.02 Å². The lowest BCUT2D eigenvalue weighted by molar-refractivity contribution is 0.194. The highest BCUT2D eigenvalue weighted by Gasteiger charge is 2.36. The zero-order valence-electron chi connectivity index (χ0n) is 20.5. The van der Waals surface area contributed by atoms with Gasteiger partial charge in [-0.1, -0.05) is 29.8 Å². The van der Waals surface area contributed by atoms with E-state index in [2.05, 4.69) is 57.4 Å². The number of aryl methyl sites for hydroxylation is 1. The lowest BCUT2D eigenvalue weighted by atomic mass is 9.95. The normalized spacial score (nSPS) is 16.5. The minimum absolute atomic E-state index is 0.129. The van der Waals surface area contributed by atoms with Crippen LogP contribution in [0.1, 0.15) is 46.1 Å². The van der Waals surface area contributed by atoms with E-state index in [1.807, 2.05) is 48.5 Å². The van der Waals surface area contributed by atoms with Gasteiger partial charge in [0.05, 0.1) is 18.3 Å². The molecule has 1 aliphatic heterocycles. The van der Waals surface area contributed by atoms with Gasteiger partial charge in [0.2, 0.25) is 0 Å². The van der Waals surface area contributed by atoms with Gasteiger partial charge in [-0.05, 0) is 79.3 Å². The van der Waals surface area contributed by atoms with Crippen LogP contribution in [-0.4, -0.2) is 29.6 Å². The van der Waals surface area contributed by atoms with Gasteiger partial charge >= 0.3 is 6.03 Å². The summed E-state index contributed by atoms with van der Waals surface area (Å²) in [5, 5.41) is 4.98. The third-order valence-corrected chi connectivity index (χ3v) is 8.81. The number of nitrogens with zero attached hydrogens (tertiary/aromatic N) is 3. The van der Waals surface area contributed by atoms with Gasteiger partial charge in [0.25, 0.3) is 0 Å². The summed E-state index contributed by atoms with van der Waals surface area (Å²) in [5.74, 6) is 0. The van der Waals surface area contributed by atoms with Crippen LogP contribution in [0.15, 0.2) is 66.9 Å². The summed E-state index contributed by atoms with van der Waals surface area (Å²) in [6.45, 7) is 0.565. The van der Waals surface area contributed by atoms with Gasteiger partial charge in [-0.2, -0.15) is 0 Å². The molecular formula is C29H29ClN4OS. The molecule has 2 amide bonds. The highest BCUT2D eigenvalue weighted by molar-refractivity contribution is 7.15.